The molecule has 1 aromatic carbocycles. The summed E-state index contributed by atoms with van der Waals surface area (Å²) in [6.07, 6.45) is 1.80. The second-order valence-corrected chi connectivity index (χ2v) is 3.79. The van der Waals surface area contributed by atoms with Gasteiger partial charge in [0, 0.05) is 12.7 Å². The lowest BCUT2D eigenvalue weighted by Crippen LogP contribution is -2.00. The zero-order valence-corrected chi connectivity index (χ0v) is 9.08. The van der Waals surface area contributed by atoms with Gasteiger partial charge in [-0.3, -0.25) is 0 Å². The highest BCUT2D eigenvalue weighted by Gasteiger charge is 2.03. The van der Waals surface area contributed by atoms with Crippen molar-refractivity contribution < 1.29 is 4.39 Å². The molecule has 2 aromatic rings. The molecule has 0 aliphatic rings. The molecule has 0 fully saturated rings. The topological polar surface area (TPSA) is 28.7 Å². The quantitative estimate of drug-likeness (QED) is 0.785. The van der Waals surface area contributed by atoms with E-state index in [1.807, 2.05) is 0 Å². The van der Waals surface area contributed by atoms with Gasteiger partial charge in [-0.1, -0.05) is 17.7 Å². The van der Waals surface area contributed by atoms with Gasteiger partial charge < -0.3 is 4.57 Å². The molecule has 0 atom stereocenters. The summed E-state index contributed by atoms with van der Waals surface area (Å²) < 4.78 is 14.7. The number of benzene rings is 1. The Morgan fingerprint density at radius 1 is 1.38 bits per heavy atom. The van der Waals surface area contributed by atoms with Crippen molar-refractivity contribution >= 4 is 11.6 Å². The summed E-state index contributed by atoms with van der Waals surface area (Å²) in [6, 6.07) is 10.1. The smallest absolute Gasteiger partial charge is 0.141 e. The van der Waals surface area contributed by atoms with Gasteiger partial charge in [0.05, 0.1) is 5.02 Å². The van der Waals surface area contributed by atoms with Gasteiger partial charge in [-0.25, -0.2) is 4.39 Å². The number of hydrogen-bond acceptors (Lipinski definition) is 1. The third-order valence-electron chi connectivity index (χ3n) is 2.28. The minimum absolute atomic E-state index is 0.100. The standard InChI is InChI=1S/C12H8ClFN2/c13-11-6-9(3-4-12(11)14)8-16-5-1-2-10(16)7-15/h1-6H,8H2. The van der Waals surface area contributed by atoms with Crippen LogP contribution in [0, 0.1) is 17.1 Å². The predicted molar refractivity (Wildman–Crippen MR) is 59.7 cm³/mol. The van der Waals surface area contributed by atoms with E-state index < -0.39 is 5.82 Å². The highest BCUT2D eigenvalue weighted by molar-refractivity contribution is 6.30. The first-order chi connectivity index (χ1) is 7.70. The van der Waals surface area contributed by atoms with Crippen molar-refractivity contribution in [2.24, 2.45) is 0 Å². The van der Waals surface area contributed by atoms with E-state index in [2.05, 4.69) is 6.07 Å². The number of hydrogen-bond donors (Lipinski definition) is 0. The molecule has 2 rings (SSSR count). The third kappa shape index (κ3) is 2.07. The zero-order chi connectivity index (χ0) is 11.5. The Morgan fingerprint density at radius 3 is 2.88 bits per heavy atom. The van der Waals surface area contributed by atoms with Crippen molar-refractivity contribution in [1.29, 1.82) is 5.26 Å². The van der Waals surface area contributed by atoms with E-state index in [9.17, 15) is 4.39 Å². The molecular formula is C12H8ClFN2. The van der Waals surface area contributed by atoms with Gasteiger partial charge in [-0.05, 0) is 29.8 Å². The number of nitriles is 1. The van der Waals surface area contributed by atoms with Gasteiger partial charge >= 0.3 is 0 Å². The van der Waals surface area contributed by atoms with E-state index in [0.717, 1.165) is 5.56 Å². The molecule has 80 valence electrons. The Labute approximate surface area is 97.5 Å². The highest BCUT2D eigenvalue weighted by Crippen LogP contribution is 2.17. The summed E-state index contributed by atoms with van der Waals surface area (Å²) in [5.41, 5.74) is 1.43. The summed E-state index contributed by atoms with van der Waals surface area (Å²) in [4.78, 5) is 0. The number of rotatable bonds is 2. The molecule has 0 amide bonds. The molecule has 0 aliphatic heterocycles. The molecule has 1 heterocycles. The Morgan fingerprint density at radius 2 is 2.19 bits per heavy atom. The molecule has 0 spiro atoms. The van der Waals surface area contributed by atoms with Crippen LogP contribution in [0.5, 0.6) is 0 Å². The maximum absolute atomic E-state index is 12.9. The van der Waals surface area contributed by atoms with Crippen LogP contribution < -0.4 is 0 Å². The minimum atomic E-state index is -0.432. The fourth-order valence-corrected chi connectivity index (χ4v) is 1.69. The average Bonchev–Trinajstić information content (AvgIpc) is 2.71. The lowest BCUT2D eigenvalue weighted by molar-refractivity contribution is 0.626. The van der Waals surface area contributed by atoms with Crippen molar-refractivity contribution in [3.8, 4) is 6.07 Å². The summed E-state index contributed by atoms with van der Waals surface area (Å²) >= 11 is 5.68. The zero-order valence-electron chi connectivity index (χ0n) is 8.32. The fraction of sp³-hybridized carbons (Fsp3) is 0.0833. The lowest BCUT2D eigenvalue weighted by atomic mass is 10.2. The third-order valence-corrected chi connectivity index (χ3v) is 2.57. The van der Waals surface area contributed by atoms with Crippen LogP contribution in [-0.4, -0.2) is 4.57 Å². The lowest BCUT2D eigenvalue weighted by Gasteiger charge is -2.05. The number of nitrogens with zero attached hydrogens (tertiary/aromatic N) is 2. The molecule has 0 saturated carbocycles. The van der Waals surface area contributed by atoms with Crippen LogP contribution in [0.15, 0.2) is 36.5 Å². The first-order valence-corrected chi connectivity index (χ1v) is 5.07. The summed E-state index contributed by atoms with van der Waals surface area (Å²) in [6.45, 7) is 0.510. The van der Waals surface area contributed by atoms with Crippen LogP contribution in [0.25, 0.3) is 0 Å². The highest BCUT2D eigenvalue weighted by atomic mass is 35.5. The molecule has 4 heteroatoms. The average molecular weight is 235 g/mol. The largest absolute Gasteiger partial charge is 0.335 e. The first-order valence-electron chi connectivity index (χ1n) is 4.70. The van der Waals surface area contributed by atoms with E-state index in [1.54, 1.807) is 35.0 Å². The first kappa shape index (κ1) is 10.7. The number of aromatic nitrogens is 1. The Balaban J connectivity index is 2.28. The van der Waals surface area contributed by atoms with E-state index in [1.165, 1.54) is 6.07 Å². The van der Waals surface area contributed by atoms with Crippen LogP contribution in [0.1, 0.15) is 11.3 Å². The van der Waals surface area contributed by atoms with Crippen molar-refractivity contribution in [1.82, 2.24) is 4.57 Å². The van der Waals surface area contributed by atoms with E-state index in [0.29, 0.717) is 12.2 Å². The molecule has 0 radical (unpaired) electrons. The second kappa shape index (κ2) is 4.38. The van der Waals surface area contributed by atoms with Gasteiger partial charge in [-0.15, -0.1) is 0 Å². The molecule has 0 N–H and O–H groups in total. The maximum atomic E-state index is 12.9. The molecule has 16 heavy (non-hydrogen) atoms. The van der Waals surface area contributed by atoms with Crippen LogP contribution >= 0.6 is 11.6 Å². The summed E-state index contributed by atoms with van der Waals surface area (Å²) in [5.74, 6) is -0.432. The van der Waals surface area contributed by atoms with Crippen LogP contribution in [0.3, 0.4) is 0 Å². The van der Waals surface area contributed by atoms with Crippen molar-refractivity contribution in [3.05, 3.63) is 58.6 Å². The molecule has 0 aliphatic carbocycles. The van der Waals surface area contributed by atoms with E-state index in [-0.39, 0.29) is 5.02 Å². The van der Waals surface area contributed by atoms with Crippen molar-refractivity contribution in [2.45, 2.75) is 6.54 Å². The van der Waals surface area contributed by atoms with E-state index in [4.69, 9.17) is 16.9 Å². The van der Waals surface area contributed by atoms with Crippen molar-refractivity contribution in [3.63, 3.8) is 0 Å². The summed E-state index contributed by atoms with van der Waals surface area (Å²) in [7, 11) is 0. The van der Waals surface area contributed by atoms with Gasteiger partial charge in [0.15, 0.2) is 0 Å². The van der Waals surface area contributed by atoms with Crippen LogP contribution in [-0.2, 0) is 6.54 Å². The Hall–Kier alpha value is -1.79. The Kier molecular flexibility index (Phi) is 2.93. The Bertz CT molecular complexity index is 554. The normalized spacial score (nSPS) is 10.1. The van der Waals surface area contributed by atoms with E-state index >= 15 is 0 Å². The SMILES string of the molecule is N#Cc1cccn1Cc1ccc(F)c(Cl)c1. The van der Waals surface area contributed by atoms with Gasteiger partial charge in [0.1, 0.15) is 17.6 Å². The summed E-state index contributed by atoms with van der Waals surface area (Å²) in [5, 5.41) is 8.93. The minimum Gasteiger partial charge on any atom is -0.335 e. The maximum Gasteiger partial charge on any atom is 0.141 e. The van der Waals surface area contributed by atoms with Gasteiger partial charge in [-0.2, -0.15) is 5.26 Å². The molecular weight excluding hydrogens is 227 g/mol. The molecule has 2 nitrogen and oxygen atoms in total. The predicted octanol–water partition coefficient (Wildman–Crippen LogP) is 3.20. The molecule has 0 unspecified atom stereocenters. The van der Waals surface area contributed by atoms with Crippen LogP contribution in [0.2, 0.25) is 5.02 Å². The second-order valence-electron chi connectivity index (χ2n) is 3.38. The van der Waals surface area contributed by atoms with Crippen LogP contribution in [0.4, 0.5) is 4.39 Å². The number of halogens is 2. The molecule has 0 saturated heterocycles. The van der Waals surface area contributed by atoms with Gasteiger partial charge in [0.25, 0.3) is 0 Å². The molecule has 1 aromatic heterocycles. The molecule has 0 bridgehead atoms. The van der Waals surface area contributed by atoms with Gasteiger partial charge in [0.2, 0.25) is 0 Å². The van der Waals surface area contributed by atoms with Crippen molar-refractivity contribution in [2.75, 3.05) is 0 Å². The fourth-order valence-electron chi connectivity index (χ4n) is 1.49. The monoisotopic (exact) mass is 234 g/mol.